The van der Waals surface area contributed by atoms with Crippen molar-refractivity contribution in [1.29, 1.82) is 0 Å². The fourth-order valence-corrected chi connectivity index (χ4v) is 3.33. The predicted molar refractivity (Wildman–Crippen MR) is 91.2 cm³/mol. The standard InChI is InChI=1S/C18H16Cl2N/c1-11(2)14-7-8-15(18(20)17(14)19)13-9-12-5-3-4-6-16(12)21-10-13/h3-7,9-11H,8H2,1-2H3. The fourth-order valence-electron chi connectivity index (χ4n) is 2.62. The Morgan fingerprint density at radius 3 is 2.62 bits per heavy atom. The van der Waals surface area contributed by atoms with Gasteiger partial charge in [0.1, 0.15) is 0 Å². The maximum Gasteiger partial charge on any atom is 0.0702 e. The van der Waals surface area contributed by atoms with E-state index >= 15 is 0 Å². The largest absolute Gasteiger partial charge is 0.256 e. The molecule has 2 aromatic rings. The van der Waals surface area contributed by atoms with Crippen LogP contribution < -0.4 is 0 Å². The molecule has 1 aliphatic rings. The van der Waals surface area contributed by atoms with Gasteiger partial charge in [0.25, 0.3) is 0 Å². The van der Waals surface area contributed by atoms with Crippen LogP contribution in [0.2, 0.25) is 0 Å². The molecule has 1 heterocycles. The van der Waals surface area contributed by atoms with Gasteiger partial charge in [-0.05, 0) is 47.6 Å². The van der Waals surface area contributed by atoms with E-state index in [4.69, 9.17) is 23.2 Å². The van der Waals surface area contributed by atoms with E-state index in [1.807, 2.05) is 24.4 Å². The number of fused-ring (bicyclic) bond motifs is 1. The summed E-state index contributed by atoms with van der Waals surface area (Å²) in [5.74, 6) is 0.377. The van der Waals surface area contributed by atoms with E-state index in [1.54, 1.807) is 0 Å². The normalized spacial score (nSPS) is 16.2. The smallest absolute Gasteiger partial charge is 0.0702 e. The minimum atomic E-state index is 0.377. The number of halogens is 2. The second-order valence-corrected chi connectivity index (χ2v) is 6.30. The summed E-state index contributed by atoms with van der Waals surface area (Å²) < 4.78 is 0. The van der Waals surface area contributed by atoms with Gasteiger partial charge in [-0.2, -0.15) is 0 Å². The van der Waals surface area contributed by atoms with Gasteiger partial charge in [-0.25, -0.2) is 0 Å². The summed E-state index contributed by atoms with van der Waals surface area (Å²) in [5, 5.41) is 2.43. The minimum Gasteiger partial charge on any atom is -0.256 e. The molecule has 107 valence electrons. The van der Waals surface area contributed by atoms with E-state index < -0.39 is 0 Å². The van der Waals surface area contributed by atoms with E-state index in [0.717, 1.165) is 34.0 Å². The molecular formula is C18H16Cl2N. The molecule has 0 aliphatic heterocycles. The highest BCUT2D eigenvalue weighted by Crippen LogP contribution is 2.41. The maximum atomic E-state index is 6.50. The molecule has 0 unspecified atom stereocenters. The number of aromatic nitrogens is 1. The lowest BCUT2D eigenvalue weighted by Crippen LogP contribution is -2.05. The Labute approximate surface area is 135 Å². The quantitative estimate of drug-likeness (QED) is 0.668. The fraction of sp³-hybridized carbons (Fsp3) is 0.222. The van der Waals surface area contributed by atoms with Crippen molar-refractivity contribution in [1.82, 2.24) is 4.98 Å². The van der Waals surface area contributed by atoms with Gasteiger partial charge in [0, 0.05) is 11.6 Å². The Kier molecular flexibility index (Phi) is 4.05. The highest BCUT2D eigenvalue weighted by atomic mass is 35.5. The second kappa shape index (κ2) is 5.82. The number of allylic oxidation sites excluding steroid dienone is 4. The molecule has 21 heavy (non-hydrogen) atoms. The van der Waals surface area contributed by atoms with E-state index in [9.17, 15) is 0 Å². The summed E-state index contributed by atoms with van der Waals surface area (Å²) in [6.45, 7) is 4.25. The number of benzene rings is 1. The molecule has 0 bridgehead atoms. The first-order valence-corrected chi connectivity index (χ1v) is 7.80. The van der Waals surface area contributed by atoms with Crippen molar-refractivity contribution in [3.05, 3.63) is 64.2 Å². The zero-order chi connectivity index (χ0) is 15.0. The van der Waals surface area contributed by atoms with Crippen LogP contribution in [0, 0.1) is 12.3 Å². The van der Waals surface area contributed by atoms with Gasteiger partial charge < -0.3 is 0 Å². The Balaban J connectivity index is 2.10. The Morgan fingerprint density at radius 1 is 1.10 bits per heavy atom. The van der Waals surface area contributed by atoms with Crippen LogP contribution in [-0.4, -0.2) is 4.98 Å². The summed E-state index contributed by atoms with van der Waals surface area (Å²) in [6, 6.07) is 10.2. The molecule has 1 aromatic heterocycles. The molecular weight excluding hydrogens is 301 g/mol. The number of pyridine rings is 1. The van der Waals surface area contributed by atoms with Crippen molar-refractivity contribution in [3.8, 4) is 0 Å². The summed E-state index contributed by atoms with van der Waals surface area (Å²) in [7, 11) is 0. The van der Waals surface area contributed by atoms with Crippen LogP contribution in [0.25, 0.3) is 16.5 Å². The molecule has 0 saturated heterocycles. The summed E-state index contributed by atoms with van der Waals surface area (Å²) >= 11 is 12.9. The maximum absolute atomic E-state index is 6.50. The van der Waals surface area contributed by atoms with Crippen LogP contribution in [0.1, 0.15) is 25.8 Å². The minimum absolute atomic E-state index is 0.377. The summed E-state index contributed by atoms with van der Waals surface area (Å²) in [5.41, 5.74) is 4.20. The first kappa shape index (κ1) is 14.6. The monoisotopic (exact) mass is 316 g/mol. The predicted octanol–water partition coefficient (Wildman–Crippen LogP) is 5.94. The molecule has 0 N–H and O–H groups in total. The van der Waals surface area contributed by atoms with E-state index in [-0.39, 0.29) is 0 Å². The lowest BCUT2D eigenvalue weighted by atomic mass is 9.88. The molecule has 1 aromatic carbocycles. The van der Waals surface area contributed by atoms with Gasteiger partial charge in [-0.15, -0.1) is 0 Å². The number of rotatable bonds is 2. The third-order valence-corrected chi connectivity index (χ3v) is 4.72. The Morgan fingerprint density at radius 2 is 1.86 bits per heavy atom. The van der Waals surface area contributed by atoms with Crippen molar-refractivity contribution in [2.75, 3.05) is 0 Å². The Hall–Kier alpha value is -1.31. The molecule has 0 amide bonds. The molecule has 3 heteroatoms. The first-order valence-electron chi connectivity index (χ1n) is 7.05. The van der Waals surface area contributed by atoms with Crippen LogP contribution in [-0.2, 0) is 0 Å². The van der Waals surface area contributed by atoms with Crippen molar-refractivity contribution >= 4 is 39.7 Å². The molecule has 1 nitrogen and oxygen atoms in total. The van der Waals surface area contributed by atoms with E-state index in [2.05, 4.69) is 37.4 Å². The van der Waals surface area contributed by atoms with Gasteiger partial charge in [-0.1, -0.05) is 55.2 Å². The van der Waals surface area contributed by atoms with Gasteiger partial charge in [0.05, 0.1) is 15.6 Å². The van der Waals surface area contributed by atoms with E-state index in [0.29, 0.717) is 16.0 Å². The average molecular weight is 317 g/mol. The Bertz CT molecular complexity index is 757. The van der Waals surface area contributed by atoms with E-state index in [1.165, 1.54) is 0 Å². The van der Waals surface area contributed by atoms with Crippen LogP contribution in [0.3, 0.4) is 0 Å². The number of para-hydroxylation sites is 1. The number of nitrogens with zero attached hydrogens (tertiary/aromatic N) is 1. The van der Waals surface area contributed by atoms with Crippen LogP contribution in [0.4, 0.5) is 0 Å². The lowest BCUT2D eigenvalue weighted by Gasteiger charge is -2.22. The highest BCUT2D eigenvalue weighted by Gasteiger charge is 2.22. The molecule has 1 radical (unpaired) electrons. The second-order valence-electron chi connectivity index (χ2n) is 5.54. The topological polar surface area (TPSA) is 12.9 Å². The van der Waals surface area contributed by atoms with Crippen molar-refractivity contribution in [2.24, 2.45) is 5.92 Å². The van der Waals surface area contributed by atoms with Gasteiger partial charge in [0.2, 0.25) is 0 Å². The third kappa shape index (κ3) is 2.73. The highest BCUT2D eigenvalue weighted by molar-refractivity contribution is 6.46. The van der Waals surface area contributed by atoms with Gasteiger partial charge >= 0.3 is 0 Å². The zero-order valence-electron chi connectivity index (χ0n) is 12.0. The third-order valence-electron chi connectivity index (χ3n) is 3.80. The molecule has 1 aliphatic carbocycles. The summed E-state index contributed by atoms with van der Waals surface area (Å²) in [4.78, 5) is 4.50. The molecule has 0 fully saturated rings. The average Bonchev–Trinajstić information content (AvgIpc) is 2.49. The van der Waals surface area contributed by atoms with Crippen molar-refractivity contribution in [2.45, 2.75) is 20.3 Å². The SMILES string of the molecule is CC(C)C1=C(Cl)C(Cl)=C(c2cnc3ccccc3c2)C[CH]1. The van der Waals surface area contributed by atoms with Crippen molar-refractivity contribution < 1.29 is 0 Å². The van der Waals surface area contributed by atoms with Crippen LogP contribution >= 0.6 is 23.2 Å². The molecule has 0 saturated carbocycles. The van der Waals surface area contributed by atoms with Crippen LogP contribution in [0.5, 0.6) is 0 Å². The summed E-state index contributed by atoms with van der Waals surface area (Å²) in [6.07, 6.45) is 4.84. The van der Waals surface area contributed by atoms with Crippen LogP contribution in [0.15, 0.2) is 52.2 Å². The van der Waals surface area contributed by atoms with Gasteiger partial charge in [-0.3, -0.25) is 4.98 Å². The zero-order valence-corrected chi connectivity index (χ0v) is 13.5. The lowest BCUT2D eigenvalue weighted by molar-refractivity contribution is 0.764. The van der Waals surface area contributed by atoms with Crippen molar-refractivity contribution in [3.63, 3.8) is 0 Å². The first-order chi connectivity index (χ1) is 10.1. The number of hydrogen-bond acceptors (Lipinski definition) is 1. The molecule has 0 spiro atoms. The van der Waals surface area contributed by atoms with Gasteiger partial charge in [0.15, 0.2) is 0 Å². The number of hydrogen-bond donors (Lipinski definition) is 0. The molecule has 0 atom stereocenters. The molecule has 3 rings (SSSR count).